The quantitative estimate of drug-likeness (QED) is 0.615. The van der Waals surface area contributed by atoms with Crippen molar-refractivity contribution in [3.05, 3.63) is 0 Å². The average molecular weight is 245 g/mol. The number of amides is 3. The minimum Gasteiger partial charge on any atom is -0.479 e. The first kappa shape index (κ1) is 13.2. The summed E-state index contributed by atoms with van der Waals surface area (Å²) in [6.07, 6.45) is -1.02. The number of aliphatic carboxylic acids is 1. The van der Waals surface area contributed by atoms with E-state index in [-0.39, 0.29) is 19.7 Å². The number of carbonyl (C=O) groups is 3. The molecule has 1 aliphatic rings. The van der Waals surface area contributed by atoms with Crippen molar-refractivity contribution in [1.29, 1.82) is 0 Å². The van der Waals surface area contributed by atoms with E-state index in [4.69, 9.17) is 15.6 Å². The van der Waals surface area contributed by atoms with Crippen molar-refractivity contribution >= 4 is 17.9 Å². The van der Waals surface area contributed by atoms with Crippen molar-refractivity contribution in [1.82, 2.24) is 9.80 Å². The Labute approximate surface area is 97.9 Å². The van der Waals surface area contributed by atoms with Gasteiger partial charge in [-0.2, -0.15) is 0 Å². The number of carboxylic acids is 1. The molecule has 0 bridgehead atoms. The Balaban J connectivity index is 2.57. The molecule has 8 heteroatoms. The van der Waals surface area contributed by atoms with E-state index in [0.29, 0.717) is 6.54 Å². The number of nitrogens with zero attached hydrogens (tertiary/aromatic N) is 2. The molecule has 0 aromatic rings. The number of carboxylic acid groups (broad SMARTS) is 1. The zero-order valence-electron chi connectivity index (χ0n) is 9.46. The third-order valence-corrected chi connectivity index (χ3v) is 2.33. The minimum atomic E-state index is -1.11. The summed E-state index contributed by atoms with van der Waals surface area (Å²) in [7, 11) is 1.43. The molecular formula is C9H15N3O5. The second-order valence-electron chi connectivity index (χ2n) is 3.75. The third kappa shape index (κ3) is 3.59. The maximum Gasteiger partial charge on any atom is 0.334 e. The van der Waals surface area contributed by atoms with Gasteiger partial charge in [-0.1, -0.05) is 0 Å². The van der Waals surface area contributed by atoms with E-state index in [1.54, 1.807) is 0 Å². The molecule has 0 aromatic heterocycles. The van der Waals surface area contributed by atoms with Crippen LogP contribution in [0.3, 0.4) is 0 Å². The summed E-state index contributed by atoms with van der Waals surface area (Å²) < 4.78 is 4.98. The summed E-state index contributed by atoms with van der Waals surface area (Å²) in [5, 5.41) is 8.77. The molecule has 0 aromatic carbocycles. The van der Waals surface area contributed by atoms with Gasteiger partial charge in [-0.3, -0.25) is 4.79 Å². The van der Waals surface area contributed by atoms with Crippen LogP contribution < -0.4 is 5.73 Å². The Morgan fingerprint density at radius 1 is 1.53 bits per heavy atom. The van der Waals surface area contributed by atoms with E-state index < -0.39 is 24.0 Å². The lowest BCUT2D eigenvalue weighted by molar-refractivity contribution is -0.154. The van der Waals surface area contributed by atoms with Crippen molar-refractivity contribution in [3.63, 3.8) is 0 Å². The Hall–Kier alpha value is -1.83. The van der Waals surface area contributed by atoms with Gasteiger partial charge in [0.2, 0.25) is 5.91 Å². The fraction of sp³-hybridized carbons (Fsp3) is 0.667. The molecule has 1 aliphatic heterocycles. The highest BCUT2D eigenvalue weighted by atomic mass is 16.5. The maximum atomic E-state index is 11.8. The van der Waals surface area contributed by atoms with Gasteiger partial charge in [0.05, 0.1) is 13.2 Å². The highest BCUT2D eigenvalue weighted by Crippen LogP contribution is 2.07. The molecule has 96 valence electrons. The van der Waals surface area contributed by atoms with E-state index in [1.807, 2.05) is 0 Å². The van der Waals surface area contributed by atoms with Crippen molar-refractivity contribution < 1.29 is 24.2 Å². The normalized spacial score (nSPS) is 19.8. The molecule has 1 heterocycles. The lowest BCUT2D eigenvalue weighted by Crippen LogP contribution is -2.53. The average Bonchev–Trinajstić information content (AvgIpc) is 2.27. The number of likely N-dealkylation sites (N-methyl/N-ethyl adjacent to an activating group) is 1. The molecule has 8 nitrogen and oxygen atoms in total. The second kappa shape index (κ2) is 5.48. The molecule has 3 N–H and O–H groups in total. The fourth-order valence-corrected chi connectivity index (χ4v) is 1.52. The summed E-state index contributed by atoms with van der Waals surface area (Å²) in [5.41, 5.74) is 4.97. The highest BCUT2D eigenvalue weighted by molar-refractivity contribution is 5.83. The Morgan fingerprint density at radius 3 is 2.71 bits per heavy atom. The van der Waals surface area contributed by atoms with Crippen LogP contribution in [-0.2, 0) is 14.3 Å². The molecule has 1 atom stereocenters. The fourth-order valence-electron chi connectivity index (χ4n) is 1.52. The first-order chi connectivity index (χ1) is 7.91. The Bertz CT molecular complexity index is 333. The van der Waals surface area contributed by atoms with E-state index in [2.05, 4.69) is 0 Å². The zero-order chi connectivity index (χ0) is 13.0. The maximum absolute atomic E-state index is 11.8. The summed E-state index contributed by atoms with van der Waals surface area (Å²) in [6, 6.07) is -0.432. The number of nitrogens with two attached hydrogens (primary N) is 1. The lowest BCUT2D eigenvalue weighted by Gasteiger charge is -2.33. The van der Waals surface area contributed by atoms with Crippen LogP contribution in [0.25, 0.3) is 0 Å². The van der Waals surface area contributed by atoms with Crippen LogP contribution >= 0.6 is 0 Å². The molecule has 17 heavy (non-hydrogen) atoms. The van der Waals surface area contributed by atoms with Gasteiger partial charge in [0.15, 0.2) is 6.10 Å². The molecule has 0 aliphatic carbocycles. The van der Waals surface area contributed by atoms with Gasteiger partial charge in [0, 0.05) is 13.6 Å². The number of ether oxygens (including phenoxy) is 1. The molecule has 0 saturated carbocycles. The standard InChI is InChI=1S/C9H15N3O5/c1-11(5-7(10)13)9(16)12-2-3-17-6(4-12)8(14)15/h6H,2-5H2,1H3,(H2,10,13)(H,14,15). The van der Waals surface area contributed by atoms with Gasteiger partial charge in [-0.05, 0) is 0 Å². The first-order valence-electron chi connectivity index (χ1n) is 5.04. The number of urea groups is 1. The molecule has 0 radical (unpaired) electrons. The van der Waals surface area contributed by atoms with Crippen LogP contribution in [-0.4, -0.2) is 72.2 Å². The summed E-state index contributed by atoms with van der Waals surface area (Å²) in [5.74, 6) is -1.73. The van der Waals surface area contributed by atoms with Gasteiger partial charge in [0.25, 0.3) is 0 Å². The predicted molar refractivity (Wildman–Crippen MR) is 56.2 cm³/mol. The SMILES string of the molecule is CN(CC(N)=O)C(=O)N1CCOC(C(=O)O)C1. The number of primary amides is 1. The predicted octanol–water partition coefficient (Wildman–Crippen LogP) is -1.69. The highest BCUT2D eigenvalue weighted by Gasteiger charge is 2.30. The molecular weight excluding hydrogens is 230 g/mol. The van der Waals surface area contributed by atoms with E-state index in [9.17, 15) is 14.4 Å². The Kier molecular flexibility index (Phi) is 4.27. The minimum absolute atomic E-state index is 0.0305. The molecule has 3 amide bonds. The van der Waals surface area contributed by atoms with Gasteiger partial charge in [-0.25, -0.2) is 9.59 Å². The van der Waals surface area contributed by atoms with Crippen LogP contribution in [0, 0.1) is 0 Å². The van der Waals surface area contributed by atoms with E-state index >= 15 is 0 Å². The Morgan fingerprint density at radius 2 is 2.18 bits per heavy atom. The second-order valence-corrected chi connectivity index (χ2v) is 3.75. The van der Waals surface area contributed by atoms with Crippen LogP contribution in [0.15, 0.2) is 0 Å². The number of rotatable bonds is 3. The molecule has 0 spiro atoms. The number of hydrogen-bond donors (Lipinski definition) is 2. The number of carbonyl (C=O) groups excluding carboxylic acids is 2. The lowest BCUT2D eigenvalue weighted by atomic mass is 10.3. The summed E-state index contributed by atoms with van der Waals surface area (Å²) >= 11 is 0. The van der Waals surface area contributed by atoms with Crippen molar-refractivity contribution in [2.45, 2.75) is 6.10 Å². The zero-order valence-corrected chi connectivity index (χ0v) is 9.46. The molecule has 1 rings (SSSR count). The van der Waals surface area contributed by atoms with Gasteiger partial charge >= 0.3 is 12.0 Å². The van der Waals surface area contributed by atoms with Gasteiger partial charge < -0.3 is 25.4 Å². The molecule has 1 fully saturated rings. The van der Waals surface area contributed by atoms with Crippen molar-refractivity contribution in [2.75, 3.05) is 33.3 Å². The van der Waals surface area contributed by atoms with Crippen LogP contribution in [0.2, 0.25) is 0 Å². The first-order valence-corrected chi connectivity index (χ1v) is 5.04. The number of morpholine rings is 1. The van der Waals surface area contributed by atoms with E-state index in [0.717, 1.165) is 4.90 Å². The number of hydrogen-bond acceptors (Lipinski definition) is 4. The van der Waals surface area contributed by atoms with Crippen molar-refractivity contribution in [2.24, 2.45) is 5.73 Å². The van der Waals surface area contributed by atoms with Gasteiger partial charge in [0.1, 0.15) is 6.54 Å². The largest absolute Gasteiger partial charge is 0.479 e. The molecule has 1 saturated heterocycles. The summed E-state index contributed by atoms with van der Waals surface area (Å²) in [6.45, 7) is 0.226. The molecule has 1 unspecified atom stereocenters. The van der Waals surface area contributed by atoms with Crippen LogP contribution in [0.1, 0.15) is 0 Å². The van der Waals surface area contributed by atoms with Gasteiger partial charge in [-0.15, -0.1) is 0 Å². The van der Waals surface area contributed by atoms with E-state index in [1.165, 1.54) is 11.9 Å². The smallest absolute Gasteiger partial charge is 0.334 e. The third-order valence-electron chi connectivity index (χ3n) is 2.33. The topological polar surface area (TPSA) is 113 Å². The van der Waals surface area contributed by atoms with Crippen molar-refractivity contribution in [3.8, 4) is 0 Å². The summed E-state index contributed by atoms with van der Waals surface area (Å²) in [4.78, 5) is 35.6. The monoisotopic (exact) mass is 245 g/mol. The van der Waals surface area contributed by atoms with Crippen LogP contribution in [0.5, 0.6) is 0 Å². The van der Waals surface area contributed by atoms with Crippen LogP contribution in [0.4, 0.5) is 4.79 Å².